The van der Waals surface area contributed by atoms with E-state index in [1.807, 2.05) is 37.6 Å². The monoisotopic (exact) mass is 472 g/mol. The molecule has 33 heavy (non-hydrogen) atoms. The average Bonchev–Trinajstić information content (AvgIpc) is 3.34. The average molecular weight is 473 g/mol. The zero-order chi connectivity index (χ0) is 23.4. The first-order valence-corrected chi connectivity index (χ1v) is 12.3. The van der Waals surface area contributed by atoms with Gasteiger partial charge in [0.25, 0.3) is 0 Å². The number of aryl methyl sites for hydroxylation is 1. The van der Waals surface area contributed by atoms with Crippen LogP contribution in [-0.2, 0) is 10.0 Å². The highest BCUT2D eigenvalue weighted by Gasteiger charge is 2.31. The third-order valence-electron chi connectivity index (χ3n) is 5.29. The topological polar surface area (TPSA) is 103 Å². The number of nitrogens with zero attached hydrogens (tertiary/aromatic N) is 6. The maximum atomic E-state index is 13.4. The van der Waals surface area contributed by atoms with E-state index in [2.05, 4.69) is 19.9 Å². The molecule has 2 aromatic heterocycles. The Kier molecular flexibility index (Phi) is 6.80. The molecule has 1 aliphatic rings. The van der Waals surface area contributed by atoms with Gasteiger partial charge in [-0.15, -0.1) is 0 Å². The van der Waals surface area contributed by atoms with Gasteiger partial charge in [0.15, 0.2) is 0 Å². The number of piperazine rings is 1. The Bertz CT molecular complexity index is 1190. The Morgan fingerprint density at radius 2 is 1.70 bits per heavy atom. The number of ether oxygens (including phenoxy) is 2. The van der Waals surface area contributed by atoms with Crippen molar-refractivity contribution < 1.29 is 17.9 Å². The van der Waals surface area contributed by atoms with Crippen LogP contribution in [0.15, 0.2) is 47.9 Å². The zero-order valence-corrected chi connectivity index (χ0v) is 19.8. The molecule has 0 aliphatic carbocycles. The second kappa shape index (κ2) is 9.75. The summed E-state index contributed by atoms with van der Waals surface area (Å²) in [5, 5.41) is 0. The fraction of sp³-hybridized carbons (Fsp3) is 0.409. The van der Waals surface area contributed by atoms with Crippen LogP contribution >= 0.6 is 0 Å². The van der Waals surface area contributed by atoms with E-state index < -0.39 is 10.0 Å². The quantitative estimate of drug-likeness (QED) is 0.492. The van der Waals surface area contributed by atoms with E-state index in [9.17, 15) is 8.42 Å². The highest BCUT2D eigenvalue weighted by molar-refractivity contribution is 7.89. The van der Waals surface area contributed by atoms with Gasteiger partial charge in [-0.3, -0.25) is 4.57 Å². The lowest BCUT2D eigenvalue weighted by molar-refractivity contribution is 0.314. The summed E-state index contributed by atoms with van der Waals surface area (Å²) < 4.78 is 41.3. The first-order chi connectivity index (χ1) is 15.9. The zero-order valence-electron chi connectivity index (χ0n) is 19.0. The highest BCUT2D eigenvalue weighted by atomic mass is 32.2. The molecular formula is C22H28N6O4S. The van der Waals surface area contributed by atoms with Gasteiger partial charge in [-0.05, 0) is 32.9 Å². The minimum atomic E-state index is -3.72. The van der Waals surface area contributed by atoms with Crippen molar-refractivity contribution in [2.45, 2.75) is 25.7 Å². The van der Waals surface area contributed by atoms with Crippen molar-refractivity contribution in [3.63, 3.8) is 0 Å². The van der Waals surface area contributed by atoms with E-state index in [1.54, 1.807) is 30.7 Å². The van der Waals surface area contributed by atoms with E-state index in [0.717, 1.165) is 11.6 Å². The molecule has 11 heteroatoms. The number of hydrogen-bond donors (Lipinski definition) is 0. The van der Waals surface area contributed by atoms with Gasteiger partial charge >= 0.3 is 0 Å². The summed E-state index contributed by atoms with van der Waals surface area (Å²) in [5.74, 6) is 3.02. The third-order valence-corrected chi connectivity index (χ3v) is 7.22. The molecule has 1 fully saturated rings. The standard InChI is InChI=1S/C22H28N6O4S/c1-4-31-18-6-7-20(19(14-18)32-5-2)33(29,30)28-12-10-26(11-13-28)21-15-22(25-17(3)24-21)27-9-8-23-16-27/h6-9,14-16H,4-5,10-13H2,1-3H3. The van der Waals surface area contributed by atoms with Gasteiger partial charge in [-0.1, -0.05) is 0 Å². The Labute approximate surface area is 193 Å². The minimum Gasteiger partial charge on any atom is -0.494 e. The van der Waals surface area contributed by atoms with Gasteiger partial charge < -0.3 is 14.4 Å². The second-order valence-corrected chi connectivity index (χ2v) is 9.37. The van der Waals surface area contributed by atoms with Gasteiger partial charge in [0.2, 0.25) is 10.0 Å². The van der Waals surface area contributed by atoms with Crippen LogP contribution in [0, 0.1) is 6.92 Å². The van der Waals surface area contributed by atoms with E-state index in [-0.39, 0.29) is 4.90 Å². The molecule has 0 spiro atoms. The Morgan fingerprint density at radius 1 is 0.970 bits per heavy atom. The number of benzene rings is 1. The first kappa shape index (κ1) is 23.0. The van der Waals surface area contributed by atoms with Crippen LogP contribution in [-0.4, -0.2) is 71.6 Å². The fourth-order valence-electron chi connectivity index (χ4n) is 3.75. The molecule has 0 amide bonds. The lowest BCUT2D eigenvalue weighted by atomic mass is 10.3. The molecule has 0 N–H and O–H groups in total. The molecule has 0 saturated carbocycles. The number of rotatable bonds is 8. The summed E-state index contributed by atoms with van der Waals surface area (Å²) >= 11 is 0. The van der Waals surface area contributed by atoms with Crippen molar-refractivity contribution in [1.82, 2.24) is 23.8 Å². The van der Waals surface area contributed by atoms with Gasteiger partial charge in [0, 0.05) is 50.7 Å². The summed E-state index contributed by atoms with van der Waals surface area (Å²) in [6.07, 6.45) is 5.20. The molecule has 1 aromatic carbocycles. The maximum Gasteiger partial charge on any atom is 0.246 e. The number of imidazole rings is 1. The van der Waals surface area contributed by atoms with Crippen LogP contribution in [0.25, 0.3) is 5.82 Å². The molecule has 0 unspecified atom stereocenters. The van der Waals surface area contributed by atoms with Crippen molar-refractivity contribution in [3.8, 4) is 17.3 Å². The van der Waals surface area contributed by atoms with Crippen molar-refractivity contribution in [3.05, 3.63) is 48.8 Å². The normalized spacial score (nSPS) is 14.9. The van der Waals surface area contributed by atoms with Crippen LogP contribution < -0.4 is 14.4 Å². The Morgan fingerprint density at radius 3 is 2.36 bits per heavy atom. The van der Waals surface area contributed by atoms with E-state index >= 15 is 0 Å². The van der Waals surface area contributed by atoms with Gasteiger partial charge in [-0.2, -0.15) is 4.31 Å². The molecule has 0 atom stereocenters. The van der Waals surface area contributed by atoms with Gasteiger partial charge in [-0.25, -0.2) is 23.4 Å². The molecule has 4 rings (SSSR count). The SMILES string of the molecule is CCOc1ccc(S(=O)(=O)N2CCN(c3cc(-n4ccnc4)nc(C)n3)CC2)c(OCC)c1. The number of anilines is 1. The van der Waals surface area contributed by atoms with Crippen molar-refractivity contribution in [1.29, 1.82) is 0 Å². The number of sulfonamides is 1. The first-order valence-electron chi connectivity index (χ1n) is 10.9. The highest BCUT2D eigenvalue weighted by Crippen LogP contribution is 2.32. The summed E-state index contributed by atoms with van der Waals surface area (Å²) in [6.45, 7) is 8.09. The molecular weight excluding hydrogens is 444 g/mol. The molecule has 3 aromatic rings. The molecule has 3 heterocycles. The summed E-state index contributed by atoms with van der Waals surface area (Å²) in [4.78, 5) is 15.3. The van der Waals surface area contributed by atoms with E-state index in [1.165, 1.54) is 4.31 Å². The molecule has 10 nitrogen and oxygen atoms in total. The summed E-state index contributed by atoms with van der Waals surface area (Å²) in [5.41, 5.74) is 0. The molecule has 0 bridgehead atoms. The minimum absolute atomic E-state index is 0.154. The van der Waals surface area contributed by atoms with Crippen LogP contribution in [0.3, 0.4) is 0 Å². The lowest BCUT2D eigenvalue weighted by Gasteiger charge is -2.35. The summed E-state index contributed by atoms with van der Waals surface area (Å²) in [6, 6.07) is 6.75. The summed E-state index contributed by atoms with van der Waals surface area (Å²) in [7, 11) is -3.72. The smallest absolute Gasteiger partial charge is 0.246 e. The van der Waals surface area contributed by atoms with Crippen LogP contribution in [0.4, 0.5) is 5.82 Å². The lowest BCUT2D eigenvalue weighted by Crippen LogP contribution is -2.49. The maximum absolute atomic E-state index is 13.4. The van der Waals surface area contributed by atoms with Crippen molar-refractivity contribution >= 4 is 15.8 Å². The second-order valence-electron chi connectivity index (χ2n) is 7.47. The largest absolute Gasteiger partial charge is 0.494 e. The molecule has 176 valence electrons. The van der Waals surface area contributed by atoms with E-state index in [4.69, 9.17) is 9.47 Å². The van der Waals surface area contributed by atoms with Crippen LogP contribution in [0.5, 0.6) is 11.5 Å². The molecule has 1 saturated heterocycles. The predicted molar refractivity (Wildman–Crippen MR) is 124 cm³/mol. The molecule has 1 aliphatic heterocycles. The number of hydrogen-bond acceptors (Lipinski definition) is 8. The molecule has 0 radical (unpaired) electrons. The van der Waals surface area contributed by atoms with E-state index in [0.29, 0.717) is 56.7 Å². The van der Waals surface area contributed by atoms with Crippen molar-refractivity contribution in [2.75, 3.05) is 44.3 Å². The Balaban J connectivity index is 1.52. The van der Waals surface area contributed by atoms with Crippen LogP contribution in [0.2, 0.25) is 0 Å². The van der Waals surface area contributed by atoms with Gasteiger partial charge in [0.1, 0.15) is 40.2 Å². The number of aromatic nitrogens is 4. The van der Waals surface area contributed by atoms with Gasteiger partial charge in [0.05, 0.1) is 13.2 Å². The third kappa shape index (κ3) is 4.93. The van der Waals surface area contributed by atoms with Crippen molar-refractivity contribution in [2.24, 2.45) is 0 Å². The Hall–Kier alpha value is -3.18. The fourth-order valence-corrected chi connectivity index (χ4v) is 5.28. The predicted octanol–water partition coefficient (Wildman–Crippen LogP) is 2.28. The van der Waals surface area contributed by atoms with Crippen LogP contribution in [0.1, 0.15) is 19.7 Å².